The van der Waals surface area contributed by atoms with Crippen LogP contribution in [-0.4, -0.2) is 27.8 Å². The summed E-state index contributed by atoms with van der Waals surface area (Å²) in [6, 6.07) is -0.253. The zero-order valence-electron chi connectivity index (χ0n) is 11.4. The SMILES string of the molecule is Nc1nnc(CCNC(=O)Nc2nc3c(s2)CCCC3)o1. The molecule has 0 radical (unpaired) electrons. The minimum Gasteiger partial charge on any atom is -0.408 e. The molecule has 0 saturated heterocycles. The van der Waals surface area contributed by atoms with Gasteiger partial charge in [0.2, 0.25) is 5.89 Å². The number of aryl methyl sites for hydroxylation is 2. The number of hydrogen-bond donors (Lipinski definition) is 3. The summed E-state index contributed by atoms with van der Waals surface area (Å²) in [5.74, 6) is 0.400. The van der Waals surface area contributed by atoms with Gasteiger partial charge in [-0.15, -0.1) is 16.4 Å². The maximum Gasteiger partial charge on any atom is 0.321 e. The number of thiazole rings is 1. The molecule has 0 bridgehead atoms. The van der Waals surface area contributed by atoms with Gasteiger partial charge in [0.1, 0.15) is 0 Å². The summed E-state index contributed by atoms with van der Waals surface area (Å²) in [6.45, 7) is 0.387. The molecule has 0 aliphatic heterocycles. The van der Waals surface area contributed by atoms with Gasteiger partial charge in [0.25, 0.3) is 0 Å². The van der Waals surface area contributed by atoms with Crippen molar-refractivity contribution < 1.29 is 9.21 Å². The van der Waals surface area contributed by atoms with Crippen LogP contribution in [0.4, 0.5) is 15.9 Å². The van der Waals surface area contributed by atoms with Gasteiger partial charge in [0.15, 0.2) is 5.13 Å². The first kappa shape index (κ1) is 13.8. The smallest absolute Gasteiger partial charge is 0.321 e. The zero-order valence-corrected chi connectivity index (χ0v) is 12.2. The normalized spacial score (nSPS) is 13.7. The third-order valence-electron chi connectivity index (χ3n) is 3.17. The van der Waals surface area contributed by atoms with Crippen molar-refractivity contribution in [1.82, 2.24) is 20.5 Å². The molecule has 112 valence electrons. The van der Waals surface area contributed by atoms with Crippen molar-refractivity contribution in [3.8, 4) is 0 Å². The topological polar surface area (TPSA) is 119 Å². The lowest BCUT2D eigenvalue weighted by Crippen LogP contribution is -2.30. The second-order valence-corrected chi connectivity index (χ2v) is 5.84. The van der Waals surface area contributed by atoms with E-state index in [9.17, 15) is 4.79 Å². The molecule has 2 aromatic heterocycles. The highest BCUT2D eigenvalue weighted by atomic mass is 32.1. The van der Waals surface area contributed by atoms with Gasteiger partial charge in [-0.25, -0.2) is 9.78 Å². The Morgan fingerprint density at radius 3 is 2.95 bits per heavy atom. The molecule has 9 heteroatoms. The Morgan fingerprint density at radius 1 is 1.33 bits per heavy atom. The number of anilines is 2. The number of hydrogen-bond acceptors (Lipinski definition) is 7. The van der Waals surface area contributed by atoms with Crippen LogP contribution < -0.4 is 16.4 Å². The maximum atomic E-state index is 11.8. The van der Waals surface area contributed by atoms with Crippen molar-refractivity contribution in [3.05, 3.63) is 16.5 Å². The maximum absolute atomic E-state index is 11.8. The van der Waals surface area contributed by atoms with Crippen LogP contribution in [0.15, 0.2) is 4.42 Å². The van der Waals surface area contributed by atoms with Gasteiger partial charge in [-0.1, -0.05) is 5.10 Å². The molecular weight excluding hydrogens is 292 g/mol. The quantitative estimate of drug-likeness (QED) is 0.784. The van der Waals surface area contributed by atoms with E-state index < -0.39 is 0 Å². The molecule has 0 spiro atoms. The summed E-state index contributed by atoms with van der Waals surface area (Å²) >= 11 is 1.56. The number of rotatable bonds is 4. The van der Waals surface area contributed by atoms with Crippen molar-refractivity contribution in [3.63, 3.8) is 0 Å². The standard InChI is InChI=1S/C12H16N6O2S/c13-10-18-17-9(20-10)5-6-14-11(19)16-12-15-7-3-1-2-4-8(7)21-12/h1-6H2,(H2,13,18)(H2,14,15,16,19). The molecular formula is C12H16N6O2S. The van der Waals surface area contributed by atoms with Gasteiger partial charge in [0, 0.05) is 17.8 Å². The molecule has 2 aromatic rings. The van der Waals surface area contributed by atoms with E-state index in [2.05, 4.69) is 25.8 Å². The first-order chi connectivity index (χ1) is 10.2. The number of nitrogens with zero attached hydrogens (tertiary/aromatic N) is 3. The Balaban J connectivity index is 1.46. The summed E-state index contributed by atoms with van der Waals surface area (Å²) in [4.78, 5) is 17.5. The van der Waals surface area contributed by atoms with Crippen LogP contribution in [0.5, 0.6) is 0 Å². The molecule has 0 fully saturated rings. The highest BCUT2D eigenvalue weighted by molar-refractivity contribution is 7.15. The summed E-state index contributed by atoms with van der Waals surface area (Å²) in [7, 11) is 0. The molecule has 2 amide bonds. The number of carbonyl (C=O) groups excluding carboxylic acids is 1. The van der Waals surface area contributed by atoms with E-state index in [1.165, 1.54) is 17.7 Å². The number of nitrogens with two attached hydrogens (primary N) is 1. The lowest BCUT2D eigenvalue weighted by molar-refractivity contribution is 0.252. The van der Waals surface area contributed by atoms with Gasteiger partial charge < -0.3 is 15.5 Å². The molecule has 0 atom stereocenters. The Kier molecular flexibility index (Phi) is 4.00. The first-order valence-corrected chi connectivity index (χ1v) is 7.63. The number of amides is 2. The highest BCUT2D eigenvalue weighted by Crippen LogP contribution is 2.29. The minimum absolute atomic E-state index is 0.0304. The number of urea groups is 1. The molecule has 3 rings (SSSR count). The van der Waals surface area contributed by atoms with Crippen LogP contribution in [0.1, 0.15) is 29.3 Å². The second kappa shape index (κ2) is 6.08. The summed E-state index contributed by atoms with van der Waals surface area (Å²) in [5, 5.41) is 13.4. The average Bonchev–Trinajstić information content (AvgIpc) is 3.04. The summed E-state index contributed by atoms with van der Waals surface area (Å²) in [6.07, 6.45) is 4.89. The van der Waals surface area contributed by atoms with Gasteiger partial charge in [-0.2, -0.15) is 0 Å². The van der Waals surface area contributed by atoms with Gasteiger partial charge in [-0.05, 0) is 25.7 Å². The van der Waals surface area contributed by atoms with E-state index in [-0.39, 0.29) is 12.0 Å². The Hall–Kier alpha value is -2.16. The Bertz CT molecular complexity index is 614. The van der Waals surface area contributed by atoms with E-state index in [1.807, 2.05) is 0 Å². The summed E-state index contributed by atoms with van der Waals surface area (Å²) in [5.41, 5.74) is 6.44. The van der Waals surface area contributed by atoms with Crippen molar-refractivity contribution in [1.29, 1.82) is 0 Å². The third kappa shape index (κ3) is 3.48. The highest BCUT2D eigenvalue weighted by Gasteiger charge is 2.16. The number of nitrogen functional groups attached to an aromatic ring is 1. The second-order valence-electron chi connectivity index (χ2n) is 4.76. The lowest BCUT2D eigenvalue weighted by atomic mass is 10.0. The van der Waals surface area contributed by atoms with Crippen LogP contribution in [0.3, 0.4) is 0 Å². The fraction of sp³-hybridized carbons (Fsp3) is 0.500. The van der Waals surface area contributed by atoms with Crippen molar-refractivity contribution in [2.45, 2.75) is 32.1 Å². The van der Waals surface area contributed by atoms with Crippen LogP contribution >= 0.6 is 11.3 Å². The molecule has 0 unspecified atom stereocenters. The number of aromatic nitrogens is 3. The number of fused-ring (bicyclic) bond motifs is 1. The minimum atomic E-state index is -0.284. The van der Waals surface area contributed by atoms with Crippen LogP contribution in [-0.2, 0) is 19.3 Å². The molecule has 1 aliphatic rings. The molecule has 0 aromatic carbocycles. The lowest BCUT2D eigenvalue weighted by Gasteiger charge is -2.06. The fourth-order valence-electron chi connectivity index (χ4n) is 2.20. The Morgan fingerprint density at radius 2 is 2.19 bits per heavy atom. The van der Waals surface area contributed by atoms with Gasteiger partial charge in [-0.3, -0.25) is 5.32 Å². The average molecular weight is 308 g/mol. The van der Waals surface area contributed by atoms with E-state index >= 15 is 0 Å². The molecule has 1 aliphatic carbocycles. The predicted molar refractivity (Wildman–Crippen MR) is 78.2 cm³/mol. The van der Waals surface area contributed by atoms with Crippen LogP contribution in [0, 0.1) is 0 Å². The van der Waals surface area contributed by atoms with Gasteiger partial charge >= 0.3 is 12.0 Å². The predicted octanol–water partition coefficient (Wildman–Crippen LogP) is 1.35. The monoisotopic (exact) mass is 308 g/mol. The van der Waals surface area contributed by atoms with E-state index in [1.54, 1.807) is 11.3 Å². The van der Waals surface area contributed by atoms with Crippen LogP contribution in [0.2, 0.25) is 0 Å². The van der Waals surface area contributed by atoms with E-state index in [0.29, 0.717) is 24.0 Å². The molecule has 21 heavy (non-hydrogen) atoms. The Labute approximate surface area is 125 Å². The molecule has 8 nitrogen and oxygen atoms in total. The largest absolute Gasteiger partial charge is 0.408 e. The summed E-state index contributed by atoms with van der Waals surface area (Å²) < 4.78 is 5.01. The number of carbonyl (C=O) groups is 1. The van der Waals surface area contributed by atoms with Crippen molar-refractivity contribution >= 4 is 28.5 Å². The molecule has 4 N–H and O–H groups in total. The first-order valence-electron chi connectivity index (χ1n) is 6.82. The van der Waals surface area contributed by atoms with Crippen molar-refractivity contribution in [2.75, 3.05) is 17.6 Å². The fourth-order valence-corrected chi connectivity index (χ4v) is 3.24. The van der Waals surface area contributed by atoms with E-state index in [0.717, 1.165) is 18.5 Å². The zero-order chi connectivity index (χ0) is 14.7. The van der Waals surface area contributed by atoms with Crippen LogP contribution in [0.25, 0.3) is 0 Å². The third-order valence-corrected chi connectivity index (χ3v) is 4.25. The van der Waals surface area contributed by atoms with Gasteiger partial charge in [0.05, 0.1) is 5.69 Å². The van der Waals surface area contributed by atoms with Crippen molar-refractivity contribution in [2.24, 2.45) is 0 Å². The van der Waals surface area contributed by atoms with E-state index in [4.69, 9.17) is 10.2 Å². The molecule has 0 saturated carbocycles. The number of nitrogens with one attached hydrogen (secondary N) is 2. The molecule has 2 heterocycles.